The van der Waals surface area contributed by atoms with Crippen molar-refractivity contribution in [2.24, 2.45) is 5.84 Å². The van der Waals surface area contributed by atoms with Crippen LogP contribution in [0, 0.1) is 0 Å². The highest BCUT2D eigenvalue weighted by molar-refractivity contribution is 9.10. The van der Waals surface area contributed by atoms with E-state index in [1.54, 1.807) is 11.3 Å². The van der Waals surface area contributed by atoms with E-state index in [0.29, 0.717) is 0 Å². The first kappa shape index (κ1) is 12.8. The standard InChI is InChI=1S/C13H15BrN2S/c14-11-4-1-3-10(7-11)8-12(16-15)9-13-5-2-6-17-13/h1-7,12,16H,8-9,15H2. The van der Waals surface area contributed by atoms with E-state index < -0.39 is 0 Å². The molecule has 0 aliphatic carbocycles. The Balaban J connectivity index is 2.00. The molecule has 1 heterocycles. The van der Waals surface area contributed by atoms with Crippen molar-refractivity contribution in [1.82, 2.24) is 5.43 Å². The zero-order valence-corrected chi connectivity index (χ0v) is 11.8. The minimum Gasteiger partial charge on any atom is -0.271 e. The van der Waals surface area contributed by atoms with Gasteiger partial charge in [-0.2, -0.15) is 0 Å². The normalized spacial score (nSPS) is 12.6. The molecule has 0 aliphatic heterocycles. The first-order chi connectivity index (χ1) is 8.28. The van der Waals surface area contributed by atoms with Gasteiger partial charge in [-0.25, -0.2) is 0 Å². The number of thiophene rings is 1. The summed E-state index contributed by atoms with van der Waals surface area (Å²) in [6.07, 6.45) is 1.91. The zero-order valence-electron chi connectivity index (χ0n) is 9.40. The van der Waals surface area contributed by atoms with Gasteiger partial charge < -0.3 is 0 Å². The molecule has 1 aromatic carbocycles. The summed E-state index contributed by atoms with van der Waals surface area (Å²) < 4.78 is 1.11. The van der Waals surface area contributed by atoms with Gasteiger partial charge in [0.1, 0.15) is 0 Å². The van der Waals surface area contributed by atoms with Crippen LogP contribution in [0.25, 0.3) is 0 Å². The van der Waals surface area contributed by atoms with Crippen molar-refractivity contribution < 1.29 is 0 Å². The molecule has 0 saturated carbocycles. The molecule has 2 rings (SSSR count). The second-order valence-corrected chi connectivity index (χ2v) is 5.93. The van der Waals surface area contributed by atoms with E-state index in [1.807, 2.05) is 6.07 Å². The maximum Gasteiger partial charge on any atom is 0.0299 e. The highest BCUT2D eigenvalue weighted by Crippen LogP contribution is 2.16. The highest BCUT2D eigenvalue weighted by atomic mass is 79.9. The Hall–Kier alpha value is -0.680. The lowest BCUT2D eigenvalue weighted by molar-refractivity contribution is 0.525. The predicted molar refractivity (Wildman–Crippen MR) is 77.0 cm³/mol. The van der Waals surface area contributed by atoms with E-state index >= 15 is 0 Å². The summed E-state index contributed by atoms with van der Waals surface area (Å²) in [6.45, 7) is 0. The van der Waals surface area contributed by atoms with E-state index in [0.717, 1.165) is 17.3 Å². The molecule has 0 amide bonds. The van der Waals surface area contributed by atoms with Crippen molar-refractivity contribution in [3.63, 3.8) is 0 Å². The molecule has 90 valence electrons. The molecule has 17 heavy (non-hydrogen) atoms. The molecular weight excluding hydrogens is 296 g/mol. The number of rotatable bonds is 5. The molecular formula is C13H15BrN2S. The van der Waals surface area contributed by atoms with Gasteiger partial charge in [0, 0.05) is 15.4 Å². The Morgan fingerprint density at radius 2 is 2.12 bits per heavy atom. The fourth-order valence-electron chi connectivity index (χ4n) is 1.81. The minimum atomic E-state index is 0.281. The van der Waals surface area contributed by atoms with Gasteiger partial charge in [-0.1, -0.05) is 34.1 Å². The lowest BCUT2D eigenvalue weighted by Crippen LogP contribution is -2.38. The Morgan fingerprint density at radius 1 is 1.24 bits per heavy atom. The third-order valence-corrected chi connectivity index (χ3v) is 4.03. The van der Waals surface area contributed by atoms with Crippen molar-refractivity contribution in [3.05, 3.63) is 56.7 Å². The van der Waals surface area contributed by atoms with Gasteiger partial charge >= 0.3 is 0 Å². The lowest BCUT2D eigenvalue weighted by Gasteiger charge is -2.15. The molecule has 1 aromatic heterocycles. The molecule has 2 nitrogen and oxygen atoms in total. The Morgan fingerprint density at radius 3 is 2.76 bits per heavy atom. The van der Waals surface area contributed by atoms with E-state index in [-0.39, 0.29) is 6.04 Å². The van der Waals surface area contributed by atoms with Crippen LogP contribution >= 0.6 is 27.3 Å². The molecule has 0 spiro atoms. The molecule has 0 saturated heterocycles. The maximum atomic E-state index is 5.62. The van der Waals surface area contributed by atoms with Crippen molar-refractivity contribution in [2.75, 3.05) is 0 Å². The van der Waals surface area contributed by atoms with Crippen LogP contribution in [0.15, 0.2) is 46.3 Å². The molecule has 2 aromatic rings. The molecule has 3 N–H and O–H groups in total. The van der Waals surface area contributed by atoms with E-state index in [1.165, 1.54) is 10.4 Å². The van der Waals surface area contributed by atoms with Crippen LogP contribution in [-0.4, -0.2) is 6.04 Å². The molecule has 1 atom stereocenters. The van der Waals surface area contributed by atoms with Gasteiger partial charge in [0.2, 0.25) is 0 Å². The summed E-state index contributed by atoms with van der Waals surface area (Å²) >= 11 is 5.26. The van der Waals surface area contributed by atoms with Gasteiger partial charge in [0.25, 0.3) is 0 Å². The fourth-order valence-corrected chi connectivity index (χ4v) is 3.04. The largest absolute Gasteiger partial charge is 0.271 e. The van der Waals surface area contributed by atoms with Gasteiger partial charge in [-0.3, -0.25) is 11.3 Å². The van der Waals surface area contributed by atoms with Crippen LogP contribution in [0.3, 0.4) is 0 Å². The molecule has 0 fully saturated rings. The first-order valence-electron chi connectivity index (χ1n) is 5.51. The summed E-state index contributed by atoms with van der Waals surface area (Å²) in [7, 11) is 0. The summed E-state index contributed by atoms with van der Waals surface area (Å²) in [4.78, 5) is 1.36. The number of hydrazine groups is 1. The van der Waals surface area contributed by atoms with E-state index in [2.05, 4.69) is 57.1 Å². The fraction of sp³-hybridized carbons (Fsp3) is 0.231. The van der Waals surface area contributed by atoms with Gasteiger partial charge in [0.05, 0.1) is 0 Å². The van der Waals surface area contributed by atoms with Gasteiger partial charge in [-0.15, -0.1) is 11.3 Å². The zero-order chi connectivity index (χ0) is 12.1. The van der Waals surface area contributed by atoms with Crippen molar-refractivity contribution in [3.8, 4) is 0 Å². The second kappa shape index (κ2) is 6.31. The van der Waals surface area contributed by atoms with E-state index in [9.17, 15) is 0 Å². The number of hydrogen-bond donors (Lipinski definition) is 2. The highest BCUT2D eigenvalue weighted by Gasteiger charge is 2.09. The maximum absolute atomic E-state index is 5.62. The van der Waals surface area contributed by atoms with Crippen molar-refractivity contribution >= 4 is 27.3 Å². The first-order valence-corrected chi connectivity index (χ1v) is 7.18. The van der Waals surface area contributed by atoms with Crippen LogP contribution in [0.1, 0.15) is 10.4 Å². The average molecular weight is 311 g/mol. The van der Waals surface area contributed by atoms with Crippen LogP contribution in [0.2, 0.25) is 0 Å². The summed E-state index contributed by atoms with van der Waals surface area (Å²) in [5.74, 6) is 5.62. The van der Waals surface area contributed by atoms with Crippen molar-refractivity contribution in [1.29, 1.82) is 0 Å². The van der Waals surface area contributed by atoms with Crippen LogP contribution < -0.4 is 11.3 Å². The van der Waals surface area contributed by atoms with Crippen LogP contribution in [-0.2, 0) is 12.8 Å². The molecule has 4 heteroatoms. The predicted octanol–water partition coefficient (Wildman–Crippen LogP) is 3.13. The summed E-state index contributed by atoms with van der Waals surface area (Å²) in [6, 6.07) is 12.9. The topological polar surface area (TPSA) is 38.0 Å². The number of nitrogens with two attached hydrogens (primary N) is 1. The lowest BCUT2D eigenvalue weighted by atomic mass is 10.0. The number of hydrogen-bond acceptors (Lipinski definition) is 3. The third kappa shape index (κ3) is 3.92. The Bertz CT molecular complexity index is 456. The third-order valence-electron chi connectivity index (χ3n) is 2.63. The quantitative estimate of drug-likeness (QED) is 0.658. The second-order valence-electron chi connectivity index (χ2n) is 3.98. The Kier molecular flexibility index (Phi) is 4.74. The summed E-state index contributed by atoms with van der Waals surface area (Å²) in [5.41, 5.74) is 4.19. The number of nitrogens with one attached hydrogen (secondary N) is 1. The van der Waals surface area contributed by atoms with E-state index in [4.69, 9.17) is 5.84 Å². The van der Waals surface area contributed by atoms with Crippen LogP contribution in [0.4, 0.5) is 0 Å². The number of benzene rings is 1. The number of halogens is 1. The SMILES string of the molecule is NNC(Cc1cccc(Br)c1)Cc1cccs1. The smallest absolute Gasteiger partial charge is 0.0299 e. The van der Waals surface area contributed by atoms with Gasteiger partial charge in [0.15, 0.2) is 0 Å². The summed E-state index contributed by atoms with van der Waals surface area (Å²) in [5, 5.41) is 2.10. The average Bonchev–Trinajstić information content (AvgIpc) is 2.81. The van der Waals surface area contributed by atoms with Gasteiger partial charge in [-0.05, 0) is 42.0 Å². The monoisotopic (exact) mass is 310 g/mol. The molecule has 0 bridgehead atoms. The molecule has 1 unspecified atom stereocenters. The van der Waals surface area contributed by atoms with Crippen LogP contribution in [0.5, 0.6) is 0 Å². The Labute approximate surface area is 114 Å². The molecule has 0 radical (unpaired) electrons. The minimum absolute atomic E-state index is 0.281. The van der Waals surface area contributed by atoms with Crippen molar-refractivity contribution in [2.45, 2.75) is 18.9 Å². The molecule has 0 aliphatic rings.